The first-order valence-electron chi connectivity index (χ1n) is 9.60. The lowest BCUT2D eigenvalue weighted by Crippen LogP contribution is -2.25. The molecule has 0 radical (unpaired) electrons. The fourth-order valence-electron chi connectivity index (χ4n) is 3.40. The molecule has 0 aliphatic carbocycles. The van der Waals surface area contributed by atoms with E-state index >= 15 is 0 Å². The maximum absolute atomic E-state index is 12.1. The van der Waals surface area contributed by atoms with Gasteiger partial charge in [0.05, 0.1) is 5.92 Å². The molecule has 148 valence electrons. The van der Waals surface area contributed by atoms with E-state index in [-0.39, 0.29) is 17.7 Å². The van der Waals surface area contributed by atoms with Crippen LogP contribution in [0.2, 0.25) is 0 Å². The summed E-state index contributed by atoms with van der Waals surface area (Å²) < 4.78 is 5.23. The number of para-hydroxylation sites is 1. The molecule has 3 heterocycles. The lowest BCUT2D eigenvalue weighted by Gasteiger charge is -2.08. The Bertz CT molecular complexity index is 1000. The van der Waals surface area contributed by atoms with Crippen molar-refractivity contribution in [1.82, 2.24) is 20.4 Å². The monoisotopic (exact) mass is 391 g/mol. The number of pyridine rings is 1. The predicted octanol–water partition coefficient (Wildman–Crippen LogP) is 2.70. The summed E-state index contributed by atoms with van der Waals surface area (Å²) in [5.41, 5.74) is 2.69. The van der Waals surface area contributed by atoms with Crippen LogP contribution in [0.25, 0.3) is 11.5 Å². The van der Waals surface area contributed by atoms with Crippen molar-refractivity contribution >= 4 is 17.5 Å². The minimum Gasteiger partial charge on any atom is -0.356 e. The smallest absolute Gasteiger partial charge is 0.258 e. The van der Waals surface area contributed by atoms with Crippen LogP contribution in [0.3, 0.4) is 0 Å². The van der Waals surface area contributed by atoms with Crippen LogP contribution in [0.15, 0.2) is 53.3 Å². The van der Waals surface area contributed by atoms with Crippen molar-refractivity contribution < 1.29 is 14.1 Å². The third-order valence-electron chi connectivity index (χ3n) is 4.87. The third-order valence-corrected chi connectivity index (χ3v) is 4.87. The molecule has 0 saturated carbocycles. The van der Waals surface area contributed by atoms with Crippen LogP contribution >= 0.6 is 0 Å². The molecule has 1 atom stereocenters. The van der Waals surface area contributed by atoms with E-state index in [9.17, 15) is 9.59 Å². The minimum atomic E-state index is -0.176. The van der Waals surface area contributed by atoms with Crippen molar-refractivity contribution in [3.05, 3.63) is 60.2 Å². The van der Waals surface area contributed by atoms with Crippen molar-refractivity contribution in [1.29, 1.82) is 0 Å². The zero-order chi connectivity index (χ0) is 20.1. The van der Waals surface area contributed by atoms with Gasteiger partial charge < -0.3 is 15.2 Å². The molecule has 0 spiro atoms. The van der Waals surface area contributed by atoms with Gasteiger partial charge in [-0.1, -0.05) is 23.4 Å². The van der Waals surface area contributed by atoms with E-state index in [2.05, 4.69) is 25.8 Å². The highest BCUT2D eigenvalue weighted by molar-refractivity contribution is 6.02. The molecule has 1 aliphatic heterocycles. The average molecular weight is 391 g/mol. The Labute approximate surface area is 167 Å². The van der Waals surface area contributed by atoms with Gasteiger partial charge in [-0.05, 0) is 36.6 Å². The van der Waals surface area contributed by atoms with Crippen molar-refractivity contribution in [2.45, 2.75) is 31.6 Å². The first-order valence-corrected chi connectivity index (χ1v) is 9.60. The van der Waals surface area contributed by atoms with Crippen molar-refractivity contribution in [2.24, 2.45) is 0 Å². The molecule has 1 aromatic carbocycles. The molecular weight excluding hydrogens is 370 g/mol. The van der Waals surface area contributed by atoms with Crippen LogP contribution < -0.4 is 10.6 Å². The number of rotatable bonds is 8. The summed E-state index contributed by atoms with van der Waals surface area (Å²) >= 11 is 0. The van der Waals surface area contributed by atoms with E-state index in [1.54, 1.807) is 24.5 Å². The Morgan fingerprint density at radius 3 is 2.86 bits per heavy atom. The van der Waals surface area contributed by atoms with Crippen molar-refractivity contribution in [2.75, 3.05) is 11.9 Å². The molecule has 0 saturated heterocycles. The molecule has 0 bridgehead atoms. The molecule has 2 aromatic heterocycles. The Kier molecular flexibility index (Phi) is 5.60. The molecule has 4 rings (SSSR count). The number of nitrogens with one attached hydrogen (secondary N) is 2. The Hall–Kier alpha value is -3.55. The van der Waals surface area contributed by atoms with E-state index in [1.807, 2.05) is 24.3 Å². The highest BCUT2D eigenvalue weighted by atomic mass is 16.5. The van der Waals surface area contributed by atoms with Gasteiger partial charge in [-0.25, -0.2) is 0 Å². The first-order chi connectivity index (χ1) is 14.2. The Morgan fingerprint density at radius 1 is 1.17 bits per heavy atom. The van der Waals surface area contributed by atoms with E-state index in [0.717, 1.165) is 16.8 Å². The SMILES string of the molecule is O=C(CCCC1C(=O)Nc2ccccc21)NCCc1noc(-c2ccncc2)n1. The number of fused-ring (bicyclic) bond motifs is 1. The summed E-state index contributed by atoms with van der Waals surface area (Å²) in [5.74, 6) is 0.758. The van der Waals surface area contributed by atoms with E-state index < -0.39 is 0 Å². The maximum atomic E-state index is 12.1. The van der Waals surface area contributed by atoms with Gasteiger partial charge in [-0.3, -0.25) is 14.6 Å². The second-order valence-corrected chi connectivity index (χ2v) is 6.87. The highest BCUT2D eigenvalue weighted by Gasteiger charge is 2.29. The summed E-state index contributed by atoms with van der Waals surface area (Å²) in [6.45, 7) is 0.431. The summed E-state index contributed by atoms with van der Waals surface area (Å²) in [5, 5.41) is 9.68. The zero-order valence-corrected chi connectivity index (χ0v) is 15.8. The van der Waals surface area contributed by atoms with Gasteiger partial charge in [0, 0.05) is 43.0 Å². The number of hydrogen-bond donors (Lipinski definition) is 2. The summed E-state index contributed by atoms with van der Waals surface area (Å²) in [7, 11) is 0. The van der Waals surface area contributed by atoms with Crippen molar-refractivity contribution in [3.63, 3.8) is 0 Å². The van der Waals surface area contributed by atoms with Crippen LogP contribution in [0.1, 0.15) is 36.6 Å². The predicted molar refractivity (Wildman–Crippen MR) is 106 cm³/mol. The van der Waals surface area contributed by atoms with Gasteiger partial charge in [0.1, 0.15) is 0 Å². The molecule has 1 unspecified atom stereocenters. The largest absolute Gasteiger partial charge is 0.356 e. The summed E-state index contributed by atoms with van der Waals surface area (Å²) in [6, 6.07) is 11.3. The van der Waals surface area contributed by atoms with Gasteiger partial charge in [-0.2, -0.15) is 4.98 Å². The number of hydrogen-bond acceptors (Lipinski definition) is 6. The molecule has 8 heteroatoms. The van der Waals surface area contributed by atoms with Gasteiger partial charge >= 0.3 is 0 Å². The van der Waals surface area contributed by atoms with Crippen molar-refractivity contribution in [3.8, 4) is 11.5 Å². The summed E-state index contributed by atoms with van der Waals surface area (Å²) in [4.78, 5) is 32.5. The zero-order valence-electron chi connectivity index (χ0n) is 15.8. The molecule has 0 fully saturated rings. The first kappa shape index (κ1) is 18.8. The van der Waals surface area contributed by atoms with Crippen LogP contribution in [-0.4, -0.2) is 33.5 Å². The minimum absolute atomic E-state index is 0.00807. The lowest BCUT2D eigenvalue weighted by molar-refractivity contribution is -0.121. The molecular formula is C21H21N5O3. The van der Waals surface area contributed by atoms with Gasteiger partial charge in [-0.15, -0.1) is 0 Å². The molecule has 3 aromatic rings. The average Bonchev–Trinajstić information content (AvgIpc) is 3.33. The highest BCUT2D eigenvalue weighted by Crippen LogP contribution is 2.35. The standard InChI is InChI=1S/C21H21N5O3/c27-19(7-3-5-16-15-4-1-2-6-17(15)24-20(16)28)23-13-10-18-25-21(29-26-18)14-8-11-22-12-9-14/h1-2,4,6,8-9,11-12,16H,3,5,7,10,13H2,(H,23,27)(H,24,28). The number of nitrogens with zero attached hydrogens (tertiary/aromatic N) is 3. The number of amides is 2. The second-order valence-electron chi connectivity index (χ2n) is 6.87. The molecule has 2 N–H and O–H groups in total. The van der Waals surface area contributed by atoms with Crippen LogP contribution in [0, 0.1) is 0 Å². The van der Waals surface area contributed by atoms with E-state index in [4.69, 9.17) is 4.52 Å². The second kappa shape index (κ2) is 8.64. The molecule has 8 nitrogen and oxygen atoms in total. The fraction of sp³-hybridized carbons (Fsp3) is 0.286. The quantitative estimate of drug-likeness (QED) is 0.611. The maximum Gasteiger partial charge on any atom is 0.258 e. The molecule has 1 aliphatic rings. The Morgan fingerprint density at radius 2 is 2.00 bits per heavy atom. The number of carbonyl (C=O) groups is 2. The normalized spacial score (nSPS) is 15.0. The van der Waals surface area contributed by atoms with Gasteiger partial charge in [0.15, 0.2) is 5.82 Å². The number of benzene rings is 1. The lowest BCUT2D eigenvalue weighted by atomic mass is 9.95. The van der Waals surface area contributed by atoms with Gasteiger partial charge in [0.25, 0.3) is 5.89 Å². The van der Waals surface area contributed by atoms with Crippen LogP contribution in [0.5, 0.6) is 0 Å². The molecule has 2 amide bonds. The molecule has 29 heavy (non-hydrogen) atoms. The van der Waals surface area contributed by atoms with E-state index in [1.165, 1.54) is 0 Å². The Balaban J connectivity index is 1.19. The van der Waals surface area contributed by atoms with Crippen LogP contribution in [0.4, 0.5) is 5.69 Å². The number of anilines is 1. The summed E-state index contributed by atoms with van der Waals surface area (Å²) in [6.07, 6.45) is 5.47. The van der Waals surface area contributed by atoms with Gasteiger partial charge in [0.2, 0.25) is 11.8 Å². The van der Waals surface area contributed by atoms with E-state index in [0.29, 0.717) is 43.9 Å². The number of carbonyl (C=O) groups excluding carboxylic acids is 2. The number of aromatic nitrogens is 3. The topological polar surface area (TPSA) is 110 Å². The third kappa shape index (κ3) is 4.48. The van der Waals surface area contributed by atoms with Crippen LogP contribution in [-0.2, 0) is 16.0 Å². The fourth-order valence-corrected chi connectivity index (χ4v) is 3.40.